The molecule has 13 nitrogen and oxygen atoms in total. The highest BCUT2D eigenvalue weighted by Crippen LogP contribution is 2.34. The molecule has 1 saturated heterocycles. The number of nitriles is 1. The summed E-state index contributed by atoms with van der Waals surface area (Å²) in [6.45, 7) is 4.38. The van der Waals surface area contributed by atoms with Gasteiger partial charge in [0.15, 0.2) is 15.4 Å². The molecule has 0 saturated carbocycles. The third kappa shape index (κ3) is 10.3. The van der Waals surface area contributed by atoms with Gasteiger partial charge in [-0.25, -0.2) is 17.9 Å². The van der Waals surface area contributed by atoms with Crippen LogP contribution in [0.15, 0.2) is 94.6 Å². The van der Waals surface area contributed by atoms with Gasteiger partial charge in [-0.05, 0) is 92.5 Å². The molecular formula is C42H41F4N7O6S. The Hall–Kier alpha value is -6.16. The van der Waals surface area contributed by atoms with Gasteiger partial charge >= 0.3 is 6.18 Å². The zero-order chi connectivity index (χ0) is 43.2. The van der Waals surface area contributed by atoms with Crippen LogP contribution >= 0.6 is 0 Å². The molecule has 0 aliphatic carbocycles. The fourth-order valence-corrected chi connectivity index (χ4v) is 8.49. The van der Waals surface area contributed by atoms with Gasteiger partial charge in [0, 0.05) is 55.9 Å². The summed E-state index contributed by atoms with van der Waals surface area (Å²) in [6, 6.07) is 21.1. The van der Waals surface area contributed by atoms with Gasteiger partial charge in [0.05, 0.1) is 44.5 Å². The van der Waals surface area contributed by atoms with E-state index in [-0.39, 0.29) is 21.7 Å². The van der Waals surface area contributed by atoms with E-state index in [1.54, 1.807) is 35.2 Å². The van der Waals surface area contributed by atoms with Crippen molar-refractivity contribution in [1.29, 1.82) is 5.26 Å². The number of halogens is 4. The van der Waals surface area contributed by atoms with E-state index in [1.165, 1.54) is 36.4 Å². The number of H-pyrrole nitrogens is 1. The molecule has 60 heavy (non-hydrogen) atoms. The Balaban J connectivity index is 0.929. The molecule has 0 radical (unpaired) electrons. The third-order valence-corrected chi connectivity index (χ3v) is 12.1. The van der Waals surface area contributed by atoms with Gasteiger partial charge in [0.1, 0.15) is 5.82 Å². The zero-order valence-corrected chi connectivity index (χ0v) is 33.2. The Morgan fingerprint density at radius 2 is 1.62 bits per heavy atom. The minimum Gasteiger partial charge on any atom is -0.385 e. The van der Waals surface area contributed by atoms with Crippen LogP contribution in [0.4, 0.5) is 28.9 Å². The molecule has 1 aromatic heterocycles. The number of rotatable bonds is 14. The number of aromatic nitrogens is 2. The number of alkyl halides is 3. The summed E-state index contributed by atoms with van der Waals surface area (Å²) in [5.74, 6) is -3.30. The number of piperazine rings is 1. The van der Waals surface area contributed by atoms with Crippen LogP contribution in [0.5, 0.6) is 0 Å². The molecule has 1 aliphatic rings. The lowest BCUT2D eigenvalue weighted by Gasteiger charge is -2.35. The van der Waals surface area contributed by atoms with Crippen molar-refractivity contribution in [3.8, 4) is 6.07 Å². The van der Waals surface area contributed by atoms with Gasteiger partial charge in [0.25, 0.3) is 17.4 Å². The van der Waals surface area contributed by atoms with Crippen molar-refractivity contribution < 1.29 is 40.7 Å². The monoisotopic (exact) mass is 847 g/mol. The van der Waals surface area contributed by atoms with Crippen LogP contribution in [0.25, 0.3) is 10.8 Å². The Morgan fingerprint density at radius 1 is 0.933 bits per heavy atom. The number of fused-ring (bicyclic) bond motifs is 1. The fraction of sp³-hybridized carbons (Fsp3) is 0.310. The summed E-state index contributed by atoms with van der Waals surface area (Å²) in [4.78, 5) is 42.0. The number of carbonyl (C=O) groups excluding carboxylic acids is 2. The number of nitrogens with one attached hydrogen (secondary N) is 3. The molecule has 314 valence electrons. The fourth-order valence-electron chi connectivity index (χ4n) is 6.90. The van der Waals surface area contributed by atoms with Crippen LogP contribution < -0.4 is 16.2 Å². The van der Waals surface area contributed by atoms with Crippen molar-refractivity contribution in [2.75, 3.05) is 55.7 Å². The van der Waals surface area contributed by atoms with Crippen molar-refractivity contribution in [2.24, 2.45) is 0 Å². The quantitative estimate of drug-likeness (QED) is 0.0838. The average Bonchev–Trinajstić information content (AvgIpc) is 3.22. The van der Waals surface area contributed by atoms with Crippen LogP contribution in [0.3, 0.4) is 0 Å². The normalized spacial score (nSPS) is 14.7. The topological polar surface area (TPSA) is 189 Å². The zero-order valence-electron chi connectivity index (χ0n) is 32.4. The molecule has 6 rings (SSSR count). The highest BCUT2D eigenvalue weighted by molar-refractivity contribution is 7.91. The number of sulfone groups is 1. The molecule has 18 heteroatoms. The number of anilines is 2. The van der Waals surface area contributed by atoms with Crippen LogP contribution in [-0.4, -0.2) is 96.0 Å². The Bertz CT molecular complexity index is 2600. The molecule has 4 aromatic carbocycles. The number of aliphatic hydroxyl groups is 1. The highest BCUT2D eigenvalue weighted by atomic mass is 32.2. The lowest BCUT2D eigenvalue weighted by Crippen LogP contribution is -2.49. The van der Waals surface area contributed by atoms with Crippen molar-refractivity contribution in [1.82, 2.24) is 20.0 Å². The van der Waals surface area contributed by atoms with Gasteiger partial charge in [-0.2, -0.15) is 23.5 Å². The maximum atomic E-state index is 14.9. The number of hydrogen-bond donors (Lipinski definition) is 4. The number of hydrogen-bond acceptors (Lipinski definition) is 10. The van der Waals surface area contributed by atoms with Gasteiger partial charge < -0.3 is 20.6 Å². The molecular weight excluding hydrogens is 807 g/mol. The van der Waals surface area contributed by atoms with Gasteiger partial charge in [0.2, 0.25) is 0 Å². The number of benzene rings is 4. The molecule has 0 bridgehead atoms. The molecule has 0 spiro atoms. The predicted octanol–water partition coefficient (Wildman–Crippen LogP) is 5.36. The predicted molar refractivity (Wildman–Crippen MR) is 216 cm³/mol. The van der Waals surface area contributed by atoms with Crippen LogP contribution in [0, 0.1) is 17.1 Å². The van der Waals surface area contributed by atoms with Crippen LogP contribution in [-0.2, 0) is 27.2 Å². The summed E-state index contributed by atoms with van der Waals surface area (Å²) in [5.41, 5.74) is -3.24. The van der Waals surface area contributed by atoms with Gasteiger partial charge in [-0.3, -0.25) is 19.3 Å². The first kappa shape index (κ1) is 43.4. The van der Waals surface area contributed by atoms with E-state index in [4.69, 9.17) is 5.26 Å². The first-order valence-electron chi connectivity index (χ1n) is 18.9. The number of nitrogens with zero attached hydrogens (tertiary/aromatic N) is 4. The smallest absolute Gasteiger partial charge is 0.385 e. The second-order valence-corrected chi connectivity index (χ2v) is 16.7. The number of aromatic amines is 1. The van der Waals surface area contributed by atoms with Gasteiger partial charge in [-0.15, -0.1) is 0 Å². The SMILES string of the molecule is CC(O)(CS(=O)(=O)c1ccc(NCCCCN2CCN(C(=O)c3cc(Cc4n[nH]c(=O)c5ccccc45)ccc3F)CC2)cc1)C(=O)Nc1ccc(C#N)c(C(F)(F)F)c1. The summed E-state index contributed by atoms with van der Waals surface area (Å²) in [7, 11) is -4.23. The van der Waals surface area contributed by atoms with Crippen molar-refractivity contribution in [3.63, 3.8) is 0 Å². The number of amides is 2. The lowest BCUT2D eigenvalue weighted by molar-refractivity contribution is -0.137. The summed E-state index contributed by atoms with van der Waals surface area (Å²) < 4.78 is 81.1. The van der Waals surface area contributed by atoms with E-state index in [1.807, 2.05) is 6.07 Å². The van der Waals surface area contributed by atoms with Crippen molar-refractivity contribution in [2.45, 2.75) is 42.9 Å². The molecule has 1 atom stereocenters. The number of unbranched alkanes of at least 4 members (excludes halogenated alkanes) is 1. The molecule has 2 amide bonds. The largest absolute Gasteiger partial charge is 0.417 e. The maximum absolute atomic E-state index is 14.9. The number of carbonyl (C=O) groups is 2. The second kappa shape index (κ2) is 18.0. The average molecular weight is 848 g/mol. The van der Waals surface area contributed by atoms with E-state index in [2.05, 4.69) is 25.7 Å². The Morgan fingerprint density at radius 3 is 2.30 bits per heavy atom. The first-order chi connectivity index (χ1) is 28.4. The first-order valence-corrected chi connectivity index (χ1v) is 20.6. The van der Waals surface area contributed by atoms with Crippen molar-refractivity contribution >= 4 is 43.8 Å². The third-order valence-electron chi connectivity index (χ3n) is 10.2. The lowest BCUT2D eigenvalue weighted by atomic mass is 10.0. The van der Waals surface area contributed by atoms with E-state index < -0.39 is 56.1 Å². The minimum absolute atomic E-state index is 0.0182. The molecule has 5 aromatic rings. The molecule has 1 fully saturated rings. The maximum Gasteiger partial charge on any atom is 0.417 e. The van der Waals surface area contributed by atoms with Crippen LogP contribution in [0.2, 0.25) is 0 Å². The summed E-state index contributed by atoms with van der Waals surface area (Å²) >= 11 is 0. The van der Waals surface area contributed by atoms with E-state index in [0.29, 0.717) is 72.9 Å². The Labute approximate surface area is 342 Å². The highest BCUT2D eigenvalue weighted by Gasteiger charge is 2.38. The van der Waals surface area contributed by atoms with E-state index in [9.17, 15) is 45.5 Å². The van der Waals surface area contributed by atoms with E-state index in [0.717, 1.165) is 38.4 Å². The summed E-state index contributed by atoms with van der Waals surface area (Å²) in [6.07, 6.45) is -2.98. The minimum atomic E-state index is -4.88. The molecule has 2 heterocycles. The van der Waals surface area contributed by atoms with Crippen molar-refractivity contribution in [3.05, 3.63) is 129 Å². The van der Waals surface area contributed by atoms with E-state index >= 15 is 0 Å². The van der Waals surface area contributed by atoms with Crippen LogP contribution in [0.1, 0.15) is 52.5 Å². The second-order valence-electron chi connectivity index (χ2n) is 14.7. The molecule has 1 aliphatic heterocycles. The standard InChI is InChI=1S/C42H41F4N7O6S/c1-41(57,40(56)49-30-10-9-28(25-47)35(24-30)42(44,45)46)26-60(58,59)31-13-11-29(12-14-31)48-16-4-5-17-52-18-20-53(21-19-52)39(55)34-22-27(8-15-36(34)43)23-37-32-6-2-3-7-33(32)38(54)51-50-37/h2-3,6-15,22,24,48,57H,4-5,16-21,23,26H2,1H3,(H,49,56)(H,51,54). The van der Waals surface area contributed by atoms with Gasteiger partial charge in [-0.1, -0.05) is 24.3 Å². The molecule has 1 unspecified atom stereocenters. The summed E-state index contributed by atoms with van der Waals surface area (Å²) in [5, 5.41) is 32.9. The molecule has 4 N–H and O–H groups in total. The Kier molecular flexibility index (Phi) is 13.0.